The van der Waals surface area contributed by atoms with Crippen LogP contribution in [0.3, 0.4) is 0 Å². The average Bonchev–Trinajstić information content (AvgIpc) is 3.94. The maximum atomic E-state index is 6.09. The minimum Gasteiger partial charge on any atom is -0.496 e. The van der Waals surface area contributed by atoms with E-state index in [1.165, 1.54) is 116 Å². The van der Waals surface area contributed by atoms with Crippen LogP contribution in [0.5, 0.6) is 17.2 Å². The van der Waals surface area contributed by atoms with E-state index in [1.54, 1.807) is 7.11 Å². The number of unbranched alkanes of at least 4 members (excludes halogenated alkanes) is 18. The quantitative estimate of drug-likeness (QED) is 0.0440. The van der Waals surface area contributed by atoms with Crippen LogP contribution in [0.25, 0.3) is 45.8 Å². The van der Waals surface area contributed by atoms with Crippen molar-refractivity contribution in [3.63, 3.8) is 0 Å². The lowest BCUT2D eigenvalue weighted by molar-refractivity contribution is 0.304. The first-order chi connectivity index (χ1) is 27.7. The monoisotopic (exact) mass is 764 g/mol. The Morgan fingerprint density at radius 1 is 0.411 bits per heavy atom. The summed E-state index contributed by atoms with van der Waals surface area (Å²) in [7, 11) is 1.60. The molecule has 9 heteroatoms. The van der Waals surface area contributed by atoms with Crippen molar-refractivity contribution in [2.24, 2.45) is 0 Å². The Bertz CT molecular complexity index is 1780. The molecule has 0 saturated heterocycles. The highest BCUT2D eigenvalue weighted by Crippen LogP contribution is 2.35. The molecule has 56 heavy (non-hydrogen) atoms. The van der Waals surface area contributed by atoms with Crippen molar-refractivity contribution in [1.82, 2.24) is 20.4 Å². The molecule has 0 atom stereocenters. The number of rotatable bonds is 29. The Morgan fingerprint density at radius 3 is 1.20 bits per heavy atom. The van der Waals surface area contributed by atoms with Crippen molar-refractivity contribution >= 4 is 0 Å². The van der Waals surface area contributed by atoms with E-state index in [2.05, 4.69) is 34.2 Å². The lowest BCUT2D eigenvalue weighted by Gasteiger charge is -2.07. The summed E-state index contributed by atoms with van der Waals surface area (Å²) in [6.07, 6.45) is 26.2. The summed E-state index contributed by atoms with van der Waals surface area (Å²) in [5.41, 5.74) is 3.02. The van der Waals surface area contributed by atoms with E-state index >= 15 is 0 Å². The van der Waals surface area contributed by atoms with Crippen molar-refractivity contribution in [2.75, 3.05) is 20.3 Å². The number of methoxy groups -OCH3 is 1. The van der Waals surface area contributed by atoms with Crippen LogP contribution in [-0.4, -0.2) is 40.7 Å². The molecule has 0 spiro atoms. The molecule has 0 aliphatic carbocycles. The van der Waals surface area contributed by atoms with E-state index < -0.39 is 0 Å². The number of hydrogen-bond donors (Lipinski definition) is 0. The van der Waals surface area contributed by atoms with Gasteiger partial charge >= 0.3 is 0 Å². The van der Waals surface area contributed by atoms with Gasteiger partial charge in [-0.2, -0.15) is 0 Å². The van der Waals surface area contributed by atoms with Gasteiger partial charge in [0.05, 0.1) is 25.9 Å². The second-order valence-electron chi connectivity index (χ2n) is 14.8. The molecule has 0 radical (unpaired) electrons. The minimum absolute atomic E-state index is 0.353. The number of aromatic nitrogens is 4. The van der Waals surface area contributed by atoms with Gasteiger partial charge < -0.3 is 23.0 Å². The summed E-state index contributed by atoms with van der Waals surface area (Å²) < 4.78 is 29.8. The van der Waals surface area contributed by atoms with Crippen molar-refractivity contribution < 1.29 is 23.0 Å². The first kappa shape index (κ1) is 42.5. The molecule has 0 unspecified atom stereocenters. The number of hydrogen-bond acceptors (Lipinski definition) is 9. The van der Waals surface area contributed by atoms with Crippen molar-refractivity contribution in [2.45, 2.75) is 142 Å². The molecule has 2 aromatic heterocycles. The fourth-order valence-corrected chi connectivity index (χ4v) is 6.85. The zero-order chi connectivity index (χ0) is 39.0. The Hall–Kier alpha value is -4.66. The van der Waals surface area contributed by atoms with Crippen LogP contribution < -0.4 is 14.2 Å². The lowest BCUT2D eigenvalue weighted by atomic mass is 10.1. The maximum absolute atomic E-state index is 6.09. The third-order valence-electron chi connectivity index (χ3n) is 10.3. The molecule has 2 heterocycles. The summed E-state index contributed by atoms with van der Waals surface area (Å²) in [6.45, 7) is 5.99. The van der Waals surface area contributed by atoms with Crippen LogP contribution in [0.15, 0.2) is 75.6 Å². The summed E-state index contributed by atoms with van der Waals surface area (Å²) >= 11 is 0. The molecule has 0 amide bonds. The highest BCUT2D eigenvalue weighted by molar-refractivity contribution is 5.70. The van der Waals surface area contributed by atoms with Gasteiger partial charge in [-0.25, -0.2) is 0 Å². The number of ether oxygens (including phenoxy) is 3. The molecule has 0 aliphatic rings. The van der Waals surface area contributed by atoms with Gasteiger partial charge in [0.2, 0.25) is 17.7 Å². The second-order valence-corrected chi connectivity index (χ2v) is 14.8. The Kier molecular flexibility index (Phi) is 18.8. The Morgan fingerprint density at radius 2 is 0.768 bits per heavy atom. The zero-order valence-electron chi connectivity index (χ0n) is 34.2. The van der Waals surface area contributed by atoms with E-state index in [0.29, 0.717) is 40.4 Å². The largest absolute Gasteiger partial charge is 0.496 e. The fraction of sp³-hybridized carbons (Fsp3) is 0.532. The minimum atomic E-state index is 0.353. The van der Waals surface area contributed by atoms with E-state index in [-0.39, 0.29) is 0 Å². The van der Waals surface area contributed by atoms with E-state index in [4.69, 9.17) is 23.0 Å². The highest BCUT2D eigenvalue weighted by atomic mass is 16.5. The Balaban J connectivity index is 1.05. The average molecular weight is 765 g/mol. The molecule has 0 saturated carbocycles. The second kappa shape index (κ2) is 24.8. The highest BCUT2D eigenvalue weighted by Gasteiger charge is 2.18. The lowest BCUT2D eigenvalue weighted by Crippen LogP contribution is -1.97. The SMILES string of the molecule is CCCCCCCCCCCCOc1ccc(-c2nnc(-c3ccc(-c4nnc(-c5ccc(OCCCCCCCCCCCC)cc5)o4)c(OC)c3)o2)cc1. The topological polar surface area (TPSA) is 106 Å². The molecule has 3 aromatic carbocycles. The molecular formula is C47H64N4O5. The number of benzene rings is 3. The normalized spacial score (nSPS) is 11.3. The van der Waals surface area contributed by atoms with Crippen molar-refractivity contribution in [3.8, 4) is 63.1 Å². The first-order valence-corrected chi connectivity index (χ1v) is 21.5. The Labute approximate surface area is 335 Å². The molecule has 5 rings (SSSR count). The van der Waals surface area contributed by atoms with Crippen molar-refractivity contribution in [1.29, 1.82) is 0 Å². The van der Waals surface area contributed by atoms with Gasteiger partial charge in [-0.15, -0.1) is 20.4 Å². The van der Waals surface area contributed by atoms with Crippen LogP contribution in [-0.2, 0) is 0 Å². The smallest absolute Gasteiger partial charge is 0.251 e. The molecule has 0 fully saturated rings. The summed E-state index contributed by atoms with van der Waals surface area (Å²) in [5.74, 6) is 3.82. The van der Waals surface area contributed by atoms with Crippen molar-refractivity contribution in [3.05, 3.63) is 66.7 Å². The number of nitrogens with zero attached hydrogens (tertiary/aromatic N) is 4. The predicted octanol–water partition coefficient (Wildman–Crippen LogP) is 13.7. The van der Waals surface area contributed by atoms with E-state index in [1.807, 2.05) is 66.7 Å². The predicted molar refractivity (Wildman–Crippen MR) is 225 cm³/mol. The standard InChI is InChI=1S/C47H64N4O5/c1-4-6-8-10-12-14-16-18-20-22-34-53-40-29-24-37(25-30-40)44-48-50-46(55-44)39-28-33-42(43(36-39)52-3)47-51-49-45(56-47)38-26-31-41(32-27-38)54-35-23-21-19-17-15-13-11-9-7-5-2/h24-33,36H,4-23,34-35H2,1-3H3. The van der Waals surface area contributed by atoms with E-state index in [0.717, 1.165) is 48.7 Å². The first-order valence-electron chi connectivity index (χ1n) is 21.5. The summed E-state index contributed by atoms with van der Waals surface area (Å²) in [5, 5.41) is 17.2. The van der Waals surface area contributed by atoms with Gasteiger partial charge in [0.15, 0.2) is 0 Å². The van der Waals surface area contributed by atoms with Gasteiger partial charge in [-0.05, 0) is 79.6 Å². The van der Waals surface area contributed by atoms with Gasteiger partial charge in [-0.1, -0.05) is 129 Å². The molecular weight excluding hydrogens is 701 g/mol. The molecule has 0 bridgehead atoms. The van der Waals surface area contributed by atoms with Gasteiger partial charge in [0.1, 0.15) is 17.2 Å². The molecule has 0 N–H and O–H groups in total. The molecule has 5 aromatic rings. The van der Waals surface area contributed by atoms with Gasteiger partial charge in [-0.3, -0.25) is 0 Å². The van der Waals surface area contributed by atoms with Gasteiger partial charge in [0, 0.05) is 16.7 Å². The van der Waals surface area contributed by atoms with Crippen LogP contribution in [0.4, 0.5) is 0 Å². The molecule has 302 valence electrons. The third kappa shape index (κ3) is 14.1. The zero-order valence-corrected chi connectivity index (χ0v) is 34.2. The summed E-state index contributed by atoms with van der Waals surface area (Å²) in [4.78, 5) is 0. The maximum Gasteiger partial charge on any atom is 0.251 e. The fourth-order valence-electron chi connectivity index (χ4n) is 6.85. The summed E-state index contributed by atoms with van der Waals surface area (Å²) in [6, 6.07) is 21.2. The van der Waals surface area contributed by atoms with Crippen LogP contribution >= 0.6 is 0 Å². The molecule has 9 nitrogen and oxygen atoms in total. The van der Waals surface area contributed by atoms with E-state index in [9.17, 15) is 0 Å². The van der Waals surface area contributed by atoms with Gasteiger partial charge in [0.25, 0.3) is 5.89 Å². The van der Waals surface area contributed by atoms with Crippen LogP contribution in [0, 0.1) is 0 Å². The van der Waals surface area contributed by atoms with Crippen LogP contribution in [0.2, 0.25) is 0 Å². The molecule has 0 aliphatic heterocycles. The van der Waals surface area contributed by atoms with Crippen LogP contribution in [0.1, 0.15) is 142 Å². The third-order valence-corrected chi connectivity index (χ3v) is 10.3.